The minimum Gasteiger partial charge on any atom is -0.300 e. The molecule has 1 aromatic heterocycles. The molecule has 1 aliphatic rings. The van der Waals surface area contributed by atoms with Gasteiger partial charge < -0.3 is 5.32 Å². The number of nitrogens with one attached hydrogen (secondary N) is 1. The normalized spacial score (nSPS) is 15.9. The summed E-state index contributed by atoms with van der Waals surface area (Å²) in [6.45, 7) is 0.657. The number of amidine groups is 1. The van der Waals surface area contributed by atoms with E-state index in [1.165, 1.54) is 17.3 Å². The molecular weight excluding hydrogens is 416 g/mol. The highest BCUT2D eigenvalue weighted by Crippen LogP contribution is 2.31. The van der Waals surface area contributed by atoms with E-state index < -0.39 is 0 Å². The first-order valence-corrected chi connectivity index (χ1v) is 11.1. The molecule has 6 heteroatoms. The molecule has 1 aliphatic heterocycles. The van der Waals surface area contributed by atoms with Gasteiger partial charge in [0.05, 0.1) is 22.8 Å². The highest BCUT2D eigenvalue weighted by Gasteiger charge is 2.25. The van der Waals surface area contributed by atoms with E-state index in [1.807, 2.05) is 95.8 Å². The van der Waals surface area contributed by atoms with Crippen molar-refractivity contribution in [3.8, 4) is 11.3 Å². The maximum atomic E-state index is 12.6. The summed E-state index contributed by atoms with van der Waals surface area (Å²) < 4.78 is 1.92. The summed E-state index contributed by atoms with van der Waals surface area (Å²) in [6.07, 6.45) is 3.88. The van der Waals surface area contributed by atoms with E-state index in [9.17, 15) is 4.79 Å². The number of aliphatic imine (C=N–C) groups is 1. The molecule has 3 aromatic carbocycles. The van der Waals surface area contributed by atoms with Gasteiger partial charge >= 0.3 is 0 Å². The molecular formula is C26H20N4OS. The van der Waals surface area contributed by atoms with Gasteiger partial charge in [-0.05, 0) is 35.5 Å². The number of amides is 1. The second kappa shape index (κ2) is 9.08. The van der Waals surface area contributed by atoms with E-state index in [2.05, 4.69) is 22.4 Å². The fraction of sp³-hybridized carbons (Fsp3) is 0.0385. The lowest BCUT2D eigenvalue weighted by molar-refractivity contribution is -0.115. The summed E-state index contributed by atoms with van der Waals surface area (Å²) in [4.78, 5) is 17.7. The van der Waals surface area contributed by atoms with Crippen molar-refractivity contribution in [1.82, 2.24) is 15.1 Å². The van der Waals surface area contributed by atoms with Crippen molar-refractivity contribution in [2.24, 2.45) is 4.99 Å². The number of para-hydroxylation sites is 1. The number of nitrogens with zero attached hydrogens (tertiary/aromatic N) is 3. The van der Waals surface area contributed by atoms with E-state index in [1.54, 1.807) is 0 Å². The van der Waals surface area contributed by atoms with Crippen LogP contribution in [-0.2, 0) is 11.3 Å². The molecule has 0 unspecified atom stereocenters. The number of aromatic nitrogens is 2. The van der Waals surface area contributed by atoms with E-state index in [0.29, 0.717) is 16.6 Å². The Bertz CT molecular complexity index is 1300. The van der Waals surface area contributed by atoms with Gasteiger partial charge in [0.25, 0.3) is 5.91 Å². The van der Waals surface area contributed by atoms with Crippen LogP contribution in [0, 0.1) is 0 Å². The summed E-state index contributed by atoms with van der Waals surface area (Å²) in [7, 11) is 0. The van der Waals surface area contributed by atoms with Crippen molar-refractivity contribution >= 4 is 34.6 Å². The lowest BCUT2D eigenvalue weighted by Gasteiger charge is -2.01. The molecule has 2 heterocycles. The first-order chi connectivity index (χ1) is 15.7. The van der Waals surface area contributed by atoms with Gasteiger partial charge in [-0.15, -0.1) is 0 Å². The van der Waals surface area contributed by atoms with E-state index >= 15 is 0 Å². The molecule has 5 nitrogen and oxygen atoms in total. The van der Waals surface area contributed by atoms with Crippen LogP contribution in [0.4, 0.5) is 5.69 Å². The quantitative estimate of drug-likeness (QED) is 0.421. The maximum absolute atomic E-state index is 12.6. The Morgan fingerprint density at radius 1 is 0.906 bits per heavy atom. The van der Waals surface area contributed by atoms with Gasteiger partial charge in [0.15, 0.2) is 5.17 Å². The fourth-order valence-electron chi connectivity index (χ4n) is 3.46. The Morgan fingerprint density at radius 2 is 1.56 bits per heavy atom. The summed E-state index contributed by atoms with van der Waals surface area (Å²) >= 11 is 1.34. The van der Waals surface area contributed by atoms with Crippen molar-refractivity contribution < 1.29 is 4.79 Å². The van der Waals surface area contributed by atoms with Gasteiger partial charge in [0.1, 0.15) is 0 Å². The smallest absolute Gasteiger partial charge is 0.264 e. The number of carbonyl (C=O) groups excluding carboxylic acids is 1. The number of hydrogen-bond acceptors (Lipinski definition) is 4. The second-order valence-corrected chi connectivity index (χ2v) is 8.33. The largest absolute Gasteiger partial charge is 0.300 e. The zero-order valence-corrected chi connectivity index (χ0v) is 18.0. The highest BCUT2D eigenvalue weighted by atomic mass is 32.2. The third kappa shape index (κ3) is 4.55. The van der Waals surface area contributed by atoms with Crippen LogP contribution in [0.5, 0.6) is 0 Å². The van der Waals surface area contributed by atoms with E-state index in [0.717, 1.165) is 22.5 Å². The van der Waals surface area contributed by atoms with Crippen LogP contribution < -0.4 is 5.32 Å². The minimum atomic E-state index is -0.153. The summed E-state index contributed by atoms with van der Waals surface area (Å²) in [5.74, 6) is -0.153. The average Bonchev–Trinajstić information content (AvgIpc) is 3.38. The number of hydrogen-bond donors (Lipinski definition) is 1. The third-order valence-corrected chi connectivity index (χ3v) is 5.86. The Kier molecular flexibility index (Phi) is 5.68. The standard InChI is InChI=1S/C26H20N4OS/c31-25-23(32-26(28-25)27-22-14-8-3-9-15-22)16-21-18-30(17-19-10-4-1-5-11-19)29-24(21)20-12-6-2-7-13-20/h1-16,18H,17H2,(H,27,28,31). The first kappa shape index (κ1) is 20.0. The molecule has 4 aromatic rings. The molecule has 1 amide bonds. The molecule has 1 saturated heterocycles. The number of thioether (sulfide) groups is 1. The van der Waals surface area contributed by atoms with Crippen LogP contribution in [0.25, 0.3) is 17.3 Å². The van der Waals surface area contributed by atoms with Crippen molar-refractivity contribution in [2.45, 2.75) is 6.54 Å². The molecule has 5 rings (SSSR count). The summed E-state index contributed by atoms with van der Waals surface area (Å²) in [6, 6.07) is 29.8. The van der Waals surface area contributed by atoms with Crippen LogP contribution in [0.1, 0.15) is 11.1 Å². The van der Waals surface area contributed by atoms with Crippen LogP contribution in [0.15, 0.2) is 107 Å². The minimum absolute atomic E-state index is 0.153. The monoisotopic (exact) mass is 436 g/mol. The number of rotatable bonds is 5. The van der Waals surface area contributed by atoms with Gasteiger partial charge in [-0.25, -0.2) is 4.99 Å². The van der Waals surface area contributed by atoms with Crippen LogP contribution in [0.2, 0.25) is 0 Å². The SMILES string of the molecule is O=C1NC(=Nc2ccccc2)SC1=Cc1cn(Cc2ccccc2)nc1-c1ccccc1. The Balaban J connectivity index is 1.48. The average molecular weight is 437 g/mol. The van der Waals surface area contributed by atoms with E-state index in [4.69, 9.17) is 5.10 Å². The summed E-state index contributed by atoms with van der Waals surface area (Å²) in [5.41, 5.74) is 4.71. The van der Waals surface area contributed by atoms with Gasteiger partial charge in [-0.2, -0.15) is 5.10 Å². The second-order valence-electron chi connectivity index (χ2n) is 7.30. The molecule has 0 saturated carbocycles. The Morgan fingerprint density at radius 3 is 2.28 bits per heavy atom. The molecule has 0 aliphatic carbocycles. The predicted molar refractivity (Wildman–Crippen MR) is 130 cm³/mol. The topological polar surface area (TPSA) is 59.3 Å². The fourth-order valence-corrected chi connectivity index (χ4v) is 4.29. The van der Waals surface area contributed by atoms with Crippen LogP contribution in [0.3, 0.4) is 0 Å². The van der Waals surface area contributed by atoms with Gasteiger partial charge in [0, 0.05) is 17.3 Å². The van der Waals surface area contributed by atoms with E-state index in [-0.39, 0.29) is 5.91 Å². The van der Waals surface area contributed by atoms with Gasteiger partial charge in [0.2, 0.25) is 0 Å². The van der Waals surface area contributed by atoms with Crippen molar-refractivity contribution in [2.75, 3.05) is 0 Å². The van der Waals surface area contributed by atoms with Crippen molar-refractivity contribution in [3.63, 3.8) is 0 Å². The highest BCUT2D eigenvalue weighted by molar-refractivity contribution is 8.18. The maximum Gasteiger partial charge on any atom is 0.264 e. The Labute approximate surface area is 190 Å². The van der Waals surface area contributed by atoms with Crippen molar-refractivity contribution in [1.29, 1.82) is 0 Å². The molecule has 0 spiro atoms. The van der Waals surface area contributed by atoms with Gasteiger partial charge in [-0.1, -0.05) is 78.9 Å². The Hall–Kier alpha value is -3.90. The lowest BCUT2D eigenvalue weighted by atomic mass is 10.1. The number of benzene rings is 3. The zero-order valence-electron chi connectivity index (χ0n) is 17.2. The zero-order chi connectivity index (χ0) is 21.8. The third-order valence-electron chi connectivity index (χ3n) is 4.95. The summed E-state index contributed by atoms with van der Waals surface area (Å²) in [5, 5.41) is 8.26. The predicted octanol–water partition coefficient (Wildman–Crippen LogP) is 5.49. The van der Waals surface area contributed by atoms with Crippen molar-refractivity contribution in [3.05, 3.63) is 113 Å². The van der Waals surface area contributed by atoms with Crippen LogP contribution in [-0.4, -0.2) is 20.9 Å². The molecule has 0 bridgehead atoms. The molecule has 0 radical (unpaired) electrons. The lowest BCUT2D eigenvalue weighted by Crippen LogP contribution is -2.19. The van der Waals surface area contributed by atoms with Gasteiger partial charge in [-0.3, -0.25) is 9.48 Å². The first-order valence-electron chi connectivity index (χ1n) is 10.3. The van der Waals surface area contributed by atoms with Crippen LogP contribution >= 0.6 is 11.8 Å². The molecule has 1 N–H and O–H groups in total. The molecule has 32 heavy (non-hydrogen) atoms. The molecule has 156 valence electrons. The number of carbonyl (C=O) groups is 1. The molecule has 1 fully saturated rings. The molecule has 0 atom stereocenters.